The van der Waals surface area contributed by atoms with Gasteiger partial charge in [0.25, 0.3) is 0 Å². The molecule has 0 saturated carbocycles. The van der Waals surface area contributed by atoms with Crippen molar-refractivity contribution in [2.75, 3.05) is 6.61 Å². The summed E-state index contributed by atoms with van der Waals surface area (Å²) in [6.45, 7) is 4.58. The lowest BCUT2D eigenvalue weighted by Gasteiger charge is -2.11. The summed E-state index contributed by atoms with van der Waals surface area (Å²) in [6, 6.07) is -2.98. The maximum Gasteiger partial charge on any atom is 0.323 e. The van der Waals surface area contributed by atoms with E-state index < -0.39 is 48.7 Å². The van der Waals surface area contributed by atoms with Crippen LogP contribution < -0.4 is 17.2 Å². The Kier molecular flexibility index (Phi) is 16.7. The first kappa shape index (κ1) is 27.1. The van der Waals surface area contributed by atoms with Crippen LogP contribution >= 0.6 is 0 Å². The number of hydrogen-bond donors (Lipinski definition) is 8. The van der Waals surface area contributed by atoms with Crippen LogP contribution in [0, 0.1) is 5.92 Å². The van der Waals surface area contributed by atoms with Crippen LogP contribution in [0.3, 0.4) is 0 Å². The van der Waals surface area contributed by atoms with Gasteiger partial charge in [0, 0.05) is 0 Å². The molecule has 0 fully saturated rings. The van der Waals surface area contributed by atoms with Crippen LogP contribution in [-0.2, 0) is 14.4 Å². The summed E-state index contributed by atoms with van der Waals surface area (Å²) >= 11 is 0. The van der Waals surface area contributed by atoms with Gasteiger partial charge in [-0.05, 0) is 12.8 Å². The fraction of sp³-hybridized carbons (Fsp3) is 0.769. The lowest BCUT2D eigenvalue weighted by Crippen LogP contribution is -2.39. The molecule has 11 nitrogen and oxygen atoms in total. The highest BCUT2D eigenvalue weighted by atomic mass is 16.4. The molecule has 0 unspecified atom stereocenters. The molecule has 5 atom stereocenters. The molecular formula is C13H29N3O8. The molecule has 0 bridgehead atoms. The van der Waals surface area contributed by atoms with Gasteiger partial charge in [-0.3, -0.25) is 14.4 Å². The largest absolute Gasteiger partial charge is 0.480 e. The topological polar surface area (TPSA) is 230 Å². The summed E-state index contributed by atoms with van der Waals surface area (Å²) in [4.78, 5) is 29.7. The Labute approximate surface area is 140 Å². The lowest BCUT2D eigenvalue weighted by molar-refractivity contribution is -0.141. The van der Waals surface area contributed by atoms with Gasteiger partial charge in [0.05, 0.1) is 12.7 Å². The molecule has 11 heteroatoms. The number of aliphatic hydroxyl groups is 2. The van der Waals surface area contributed by atoms with Crippen molar-refractivity contribution in [3.05, 3.63) is 0 Å². The number of carboxylic acids is 3. The van der Waals surface area contributed by atoms with Crippen molar-refractivity contribution in [1.29, 1.82) is 0 Å². The van der Waals surface area contributed by atoms with E-state index in [1.807, 2.05) is 13.8 Å². The van der Waals surface area contributed by atoms with E-state index in [1.54, 1.807) is 0 Å². The standard InChI is InChI=1S/C6H13NO2.C4H9NO3.C3H7NO3/c1-3-4(2)5(7)6(8)9;1-2(6)3(5)4(7)8;4-2(1-5)3(6)7/h4-5H,3,7H2,1-2H3,(H,8,9);2-3,6H,5H2,1H3,(H,7,8);2,5H,1,4H2,(H,6,7)/t4-,5-;2-,3+;2-/m010/s1. The van der Waals surface area contributed by atoms with Crippen LogP contribution in [0.1, 0.15) is 27.2 Å². The van der Waals surface area contributed by atoms with Crippen LogP contribution in [0.15, 0.2) is 0 Å². The highest BCUT2D eigenvalue weighted by Crippen LogP contribution is 2.04. The summed E-state index contributed by atoms with van der Waals surface area (Å²) in [7, 11) is 0. The Balaban J connectivity index is -0.000000278. The molecule has 0 aromatic rings. The van der Waals surface area contributed by atoms with Gasteiger partial charge in [0.15, 0.2) is 0 Å². The Morgan fingerprint density at radius 2 is 1.25 bits per heavy atom. The van der Waals surface area contributed by atoms with Gasteiger partial charge in [-0.1, -0.05) is 20.3 Å². The van der Waals surface area contributed by atoms with Crippen molar-refractivity contribution in [3.63, 3.8) is 0 Å². The van der Waals surface area contributed by atoms with E-state index in [0.29, 0.717) is 0 Å². The molecule has 0 spiro atoms. The Hall–Kier alpha value is -1.79. The molecule has 0 rings (SSSR count). The first-order chi connectivity index (χ1) is 10.8. The zero-order valence-corrected chi connectivity index (χ0v) is 14.0. The molecule has 0 heterocycles. The molecule has 0 aliphatic carbocycles. The zero-order valence-electron chi connectivity index (χ0n) is 14.0. The van der Waals surface area contributed by atoms with Gasteiger partial charge in [-0.2, -0.15) is 0 Å². The predicted octanol–water partition coefficient (Wildman–Crippen LogP) is -2.39. The first-order valence-electron chi connectivity index (χ1n) is 7.07. The van der Waals surface area contributed by atoms with Crippen LogP contribution in [0.25, 0.3) is 0 Å². The highest BCUT2D eigenvalue weighted by molar-refractivity contribution is 5.74. The first-order valence-corrected chi connectivity index (χ1v) is 7.07. The predicted molar refractivity (Wildman–Crippen MR) is 85.1 cm³/mol. The fourth-order valence-corrected chi connectivity index (χ4v) is 0.782. The fourth-order valence-electron chi connectivity index (χ4n) is 0.782. The van der Waals surface area contributed by atoms with E-state index in [2.05, 4.69) is 0 Å². The molecule has 0 aromatic carbocycles. The second kappa shape index (κ2) is 14.8. The monoisotopic (exact) mass is 355 g/mol. The van der Waals surface area contributed by atoms with E-state index in [0.717, 1.165) is 6.42 Å². The smallest absolute Gasteiger partial charge is 0.323 e. The van der Waals surface area contributed by atoms with Gasteiger partial charge in [0.1, 0.15) is 18.1 Å². The van der Waals surface area contributed by atoms with Crippen molar-refractivity contribution < 1.29 is 39.9 Å². The molecule has 0 aliphatic rings. The summed E-state index contributed by atoms with van der Waals surface area (Å²) in [5.74, 6) is -3.20. The number of rotatable bonds is 7. The number of nitrogens with two attached hydrogens (primary N) is 3. The minimum absolute atomic E-state index is 0.0718. The number of aliphatic hydroxyl groups excluding tert-OH is 2. The Morgan fingerprint density at radius 1 is 0.875 bits per heavy atom. The molecule has 0 aromatic heterocycles. The third kappa shape index (κ3) is 15.1. The number of hydrogen-bond acceptors (Lipinski definition) is 8. The van der Waals surface area contributed by atoms with Crippen molar-refractivity contribution in [3.8, 4) is 0 Å². The van der Waals surface area contributed by atoms with Crippen molar-refractivity contribution in [2.45, 2.75) is 51.4 Å². The van der Waals surface area contributed by atoms with E-state index in [4.69, 9.17) is 42.7 Å². The number of carboxylic acid groups (broad SMARTS) is 3. The van der Waals surface area contributed by atoms with Gasteiger partial charge in [-0.25, -0.2) is 0 Å². The molecule has 144 valence electrons. The van der Waals surface area contributed by atoms with E-state index in [9.17, 15) is 14.4 Å². The lowest BCUT2D eigenvalue weighted by atomic mass is 10.0. The van der Waals surface area contributed by atoms with Gasteiger partial charge in [-0.15, -0.1) is 0 Å². The third-order valence-corrected chi connectivity index (χ3v) is 2.86. The van der Waals surface area contributed by atoms with Crippen LogP contribution in [-0.4, -0.2) is 74.3 Å². The average Bonchev–Trinajstić information content (AvgIpc) is 2.52. The molecule has 24 heavy (non-hydrogen) atoms. The number of carbonyl (C=O) groups is 3. The minimum Gasteiger partial charge on any atom is -0.480 e. The minimum atomic E-state index is -1.18. The van der Waals surface area contributed by atoms with Crippen molar-refractivity contribution in [1.82, 2.24) is 0 Å². The van der Waals surface area contributed by atoms with Crippen LogP contribution in [0.2, 0.25) is 0 Å². The van der Waals surface area contributed by atoms with E-state index >= 15 is 0 Å². The second-order valence-electron chi connectivity index (χ2n) is 4.98. The molecule has 0 aliphatic heterocycles. The van der Waals surface area contributed by atoms with Gasteiger partial charge >= 0.3 is 17.9 Å². The average molecular weight is 355 g/mol. The maximum atomic E-state index is 10.2. The quantitative estimate of drug-likeness (QED) is 0.240. The molecule has 0 saturated heterocycles. The molecule has 11 N–H and O–H groups in total. The third-order valence-electron chi connectivity index (χ3n) is 2.86. The summed E-state index contributed by atoms with van der Waals surface area (Å²) in [5, 5.41) is 40.8. The number of aliphatic carboxylic acids is 3. The van der Waals surface area contributed by atoms with Crippen LogP contribution in [0.5, 0.6) is 0 Å². The van der Waals surface area contributed by atoms with E-state index in [-0.39, 0.29) is 5.92 Å². The van der Waals surface area contributed by atoms with Crippen molar-refractivity contribution in [2.24, 2.45) is 23.1 Å². The Morgan fingerprint density at radius 3 is 1.29 bits per heavy atom. The van der Waals surface area contributed by atoms with Crippen molar-refractivity contribution >= 4 is 17.9 Å². The SMILES string of the molecule is CC[C@H](C)[C@H](N)C(=O)O.C[C@@H](O)[C@H](N)C(=O)O.N[C@@H](CO)C(=O)O. The maximum absolute atomic E-state index is 10.2. The van der Waals surface area contributed by atoms with E-state index in [1.165, 1.54) is 6.92 Å². The second-order valence-corrected chi connectivity index (χ2v) is 4.98. The van der Waals surface area contributed by atoms with Gasteiger partial charge < -0.3 is 42.7 Å². The van der Waals surface area contributed by atoms with Crippen LogP contribution in [0.4, 0.5) is 0 Å². The molecule has 0 amide bonds. The Bertz CT molecular complexity index is 378. The zero-order chi connectivity index (χ0) is 20.0. The molecular weight excluding hydrogens is 326 g/mol. The normalized spacial score (nSPS) is 16.0. The van der Waals surface area contributed by atoms with Gasteiger partial charge in [0.2, 0.25) is 0 Å². The summed E-state index contributed by atoms with van der Waals surface area (Å²) in [5.41, 5.74) is 14.9. The summed E-state index contributed by atoms with van der Waals surface area (Å²) < 4.78 is 0. The molecule has 0 radical (unpaired) electrons. The summed E-state index contributed by atoms with van der Waals surface area (Å²) in [6.07, 6.45) is -0.166. The highest BCUT2D eigenvalue weighted by Gasteiger charge is 2.17.